The Morgan fingerprint density at radius 1 is 1.24 bits per heavy atom. The molecule has 3 aromatic rings. The summed E-state index contributed by atoms with van der Waals surface area (Å²) in [7, 11) is 0. The fourth-order valence-electron chi connectivity index (χ4n) is 2.16. The summed E-state index contributed by atoms with van der Waals surface area (Å²) in [6.07, 6.45) is -0.619. The first-order chi connectivity index (χ1) is 9.96. The Kier molecular flexibility index (Phi) is 3.00. The highest BCUT2D eigenvalue weighted by Crippen LogP contribution is 2.27. The average molecular weight is 294 g/mol. The van der Waals surface area contributed by atoms with Gasteiger partial charge in [-0.25, -0.2) is 9.97 Å². The van der Waals surface area contributed by atoms with Crippen LogP contribution in [0.5, 0.6) is 0 Å². The molecule has 108 valence electrons. The number of alkyl halides is 3. The lowest BCUT2D eigenvalue weighted by Gasteiger charge is -2.08. The van der Waals surface area contributed by atoms with Gasteiger partial charge in [0.15, 0.2) is 0 Å². The predicted molar refractivity (Wildman–Crippen MR) is 69.6 cm³/mol. The van der Waals surface area contributed by atoms with Gasteiger partial charge in [0.25, 0.3) is 5.56 Å². The zero-order valence-corrected chi connectivity index (χ0v) is 10.6. The molecule has 0 radical (unpaired) electrons. The first-order valence-electron chi connectivity index (χ1n) is 5.99. The van der Waals surface area contributed by atoms with Crippen LogP contribution in [0.15, 0.2) is 41.8 Å². The Balaban J connectivity index is 2.19. The van der Waals surface area contributed by atoms with Gasteiger partial charge in [-0.3, -0.25) is 4.79 Å². The van der Waals surface area contributed by atoms with Crippen molar-refractivity contribution in [1.82, 2.24) is 19.5 Å². The molecule has 2 aromatic heterocycles. The maximum absolute atomic E-state index is 12.5. The number of halogens is 3. The molecule has 1 aromatic carbocycles. The molecule has 21 heavy (non-hydrogen) atoms. The van der Waals surface area contributed by atoms with Crippen molar-refractivity contribution in [3.63, 3.8) is 0 Å². The SMILES string of the molecule is O=c1[nH]cncc1-c1cccc2c1ncn2CC(F)(F)F. The summed E-state index contributed by atoms with van der Waals surface area (Å²) >= 11 is 0. The van der Waals surface area contributed by atoms with Gasteiger partial charge in [0.05, 0.1) is 29.3 Å². The summed E-state index contributed by atoms with van der Waals surface area (Å²) in [5.74, 6) is 0. The topological polar surface area (TPSA) is 63.6 Å². The minimum Gasteiger partial charge on any atom is -0.321 e. The number of hydrogen-bond acceptors (Lipinski definition) is 3. The first kappa shape index (κ1) is 13.3. The first-order valence-corrected chi connectivity index (χ1v) is 5.99. The van der Waals surface area contributed by atoms with E-state index in [9.17, 15) is 18.0 Å². The van der Waals surface area contributed by atoms with Gasteiger partial charge in [-0.15, -0.1) is 0 Å². The fraction of sp³-hybridized carbons (Fsp3) is 0.154. The van der Waals surface area contributed by atoms with Gasteiger partial charge in [0, 0.05) is 11.8 Å². The normalized spacial score (nSPS) is 12.0. The van der Waals surface area contributed by atoms with Crippen molar-refractivity contribution >= 4 is 11.0 Å². The molecule has 5 nitrogen and oxygen atoms in total. The van der Waals surface area contributed by atoms with E-state index in [0.717, 1.165) is 10.9 Å². The van der Waals surface area contributed by atoms with Crippen molar-refractivity contribution < 1.29 is 13.2 Å². The van der Waals surface area contributed by atoms with E-state index in [-0.39, 0.29) is 11.1 Å². The van der Waals surface area contributed by atoms with Crippen molar-refractivity contribution in [3.05, 3.63) is 47.4 Å². The molecule has 0 fully saturated rings. The molecule has 0 saturated heterocycles. The molecule has 0 saturated carbocycles. The number of nitrogens with zero attached hydrogens (tertiary/aromatic N) is 3. The lowest BCUT2D eigenvalue weighted by molar-refractivity contribution is -0.139. The molecule has 1 N–H and O–H groups in total. The zero-order chi connectivity index (χ0) is 15.0. The average Bonchev–Trinajstić information content (AvgIpc) is 2.81. The molecule has 8 heteroatoms. The summed E-state index contributed by atoms with van der Waals surface area (Å²) in [4.78, 5) is 22.0. The third kappa shape index (κ3) is 2.51. The van der Waals surface area contributed by atoms with Gasteiger partial charge in [0.2, 0.25) is 0 Å². The number of aromatic nitrogens is 4. The molecule has 0 spiro atoms. The quantitative estimate of drug-likeness (QED) is 0.789. The fourth-order valence-corrected chi connectivity index (χ4v) is 2.16. The summed E-state index contributed by atoms with van der Waals surface area (Å²) in [5.41, 5.74) is 0.985. The van der Waals surface area contributed by atoms with Crippen LogP contribution in [0.4, 0.5) is 13.2 Å². The van der Waals surface area contributed by atoms with Crippen LogP contribution in [-0.4, -0.2) is 25.7 Å². The van der Waals surface area contributed by atoms with Crippen LogP contribution in [0.1, 0.15) is 0 Å². The maximum atomic E-state index is 12.5. The van der Waals surface area contributed by atoms with Crippen molar-refractivity contribution in [1.29, 1.82) is 0 Å². The van der Waals surface area contributed by atoms with Crippen LogP contribution < -0.4 is 5.56 Å². The Morgan fingerprint density at radius 3 is 2.76 bits per heavy atom. The number of hydrogen-bond donors (Lipinski definition) is 1. The molecular weight excluding hydrogens is 285 g/mol. The van der Waals surface area contributed by atoms with Crippen LogP contribution in [0, 0.1) is 0 Å². The lowest BCUT2D eigenvalue weighted by atomic mass is 10.1. The highest BCUT2D eigenvalue weighted by Gasteiger charge is 2.28. The van der Waals surface area contributed by atoms with Crippen LogP contribution >= 0.6 is 0 Å². The highest BCUT2D eigenvalue weighted by molar-refractivity contribution is 5.91. The van der Waals surface area contributed by atoms with Gasteiger partial charge in [-0.05, 0) is 6.07 Å². The number of nitrogens with one attached hydrogen (secondary N) is 1. The van der Waals surface area contributed by atoms with Crippen molar-refractivity contribution in [2.24, 2.45) is 0 Å². The summed E-state index contributed by atoms with van der Waals surface area (Å²) in [6.45, 7) is -1.13. The van der Waals surface area contributed by atoms with E-state index in [4.69, 9.17) is 0 Å². The lowest BCUT2D eigenvalue weighted by Crippen LogP contribution is -2.16. The van der Waals surface area contributed by atoms with Crippen LogP contribution in [0.3, 0.4) is 0 Å². The van der Waals surface area contributed by atoms with Crippen LogP contribution in [0.25, 0.3) is 22.2 Å². The van der Waals surface area contributed by atoms with Gasteiger partial charge in [-0.2, -0.15) is 13.2 Å². The molecule has 0 atom stereocenters. The highest BCUT2D eigenvalue weighted by atomic mass is 19.4. The van der Waals surface area contributed by atoms with Gasteiger partial charge in [0.1, 0.15) is 6.54 Å². The molecule has 2 heterocycles. The third-order valence-corrected chi connectivity index (χ3v) is 3.01. The van der Waals surface area contributed by atoms with E-state index in [1.807, 2.05) is 0 Å². The van der Waals surface area contributed by atoms with E-state index >= 15 is 0 Å². The summed E-state index contributed by atoms with van der Waals surface area (Å²) < 4.78 is 38.6. The summed E-state index contributed by atoms with van der Waals surface area (Å²) in [6, 6.07) is 4.74. The second kappa shape index (κ2) is 4.72. The number of aromatic amines is 1. The Morgan fingerprint density at radius 2 is 2.05 bits per heavy atom. The monoisotopic (exact) mass is 294 g/mol. The molecule has 0 amide bonds. The minimum absolute atomic E-state index is 0.264. The minimum atomic E-state index is -4.34. The number of fused-ring (bicyclic) bond motifs is 1. The summed E-state index contributed by atoms with van der Waals surface area (Å²) in [5, 5.41) is 0. The molecule has 0 aliphatic rings. The van der Waals surface area contributed by atoms with Crippen molar-refractivity contribution in [2.45, 2.75) is 12.7 Å². The zero-order valence-electron chi connectivity index (χ0n) is 10.6. The number of rotatable bonds is 2. The van der Waals surface area contributed by atoms with Crippen molar-refractivity contribution in [2.75, 3.05) is 0 Å². The second-order valence-corrected chi connectivity index (χ2v) is 4.46. The Labute approximate surface area is 116 Å². The Bertz CT molecular complexity index is 850. The van der Waals surface area contributed by atoms with Gasteiger partial charge in [-0.1, -0.05) is 12.1 Å². The molecular formula is C13H9F3N4O. The third-order valence-electron chi connectivity index (χ3n) is 3.01. The van der Waals surface area contributed by atoms with Gasteiger partial charge < -0.3 is 9.55 Å². The Hall–Kier alpha value is -2.64. The number of benzene rings is 1. The number of imidazole rings is 1. The molecule has 3 rings (SSSR count). The largest absolute Gasteiger partial charge is 0.406 e. The molecule has 0 unspecified atom stereocenters. The molecule has 0 aliphatic carbocycles. The van der Waals surface area contributed by atoms with Gasteiger partial charge >= 0.3 is 6.18 Å². The van der Waals surface area contributed by atoms with E-state index < -0.39 is 12.7 Å². The second-order valence-electron chi connectivity index (χ2n) is 4.46. The number of para-hydroxylation sites is 1. The number of H-pyrrole nitrogens is 1. The van der Waals surface area contributed by atoms with Crippen LogP contribution in [0.2, 0.25) is 0 Å². The standard InChI is InChI=1S/C13H9F3N4O/c14-13(15,16)5-20-7-19-11-8(2-1-3-10(11)20)9-4-17-6-18-12(9)21/h1-4,6-7H,5H2,(H,17,18,21). The van der Waals surface area contributed by atoms with E-state index in [1.165, 1.54) is 18.6 Å². The van der Waals surface area contributed by atoms with E-state index in [2.05, 4.69) is 15.0 Å². The van der Waals surface area contributed by atoms with Crippen LogP contribution in [-0.2, 0) is 6.54 Å². The predicted octanol–water partition coefficient (Wildman–Crippen LogP) is 2.35. The smallest absolute Gasteiger partial charge is 0.321 e. The van der Waals surface area contributed by atoms with E-state index in [1.54, 1.807) is 12.1 Å². The molecule has 0 bridgehead atoms. The molecule has 0 aliphatic heterocycles. The maximum Gasteiger partial charge on any atom is 0.406 e. The van der Waals surface area contributed by atoms with Crippen molar-refractivity contribution in [3.8, 4) is 11.1 Å². The van der Waals surface area contributed by atoms with E-state index in [0.29, 0.717) is 16.6 Å².